The molecule has 0 bridgehead atoms. The summed E-state index contributed by atoms with van der Waals surface area (Å²) in [5, 5.41) is 17.1. The summed E-state index contributed by atoms with van der Waals surface area (Å²) in [7, 11) is 0. The summed E-state index contributed by atoms with van der Waals surface area (Å²) >= 11 is 0. The Kier molecular flexibility index (Phi) is 8.15. The summed E-state index contributed by atoms with van der Waals surface area (Å²) in [6.07, 6.45) is -0.554. The van der Waals surface area contributed by atoms with Crippen molar-refractivity contribution >= 4 is 5.91 Å². The van der Waals surface area contributed by atoms with Gasteiger partial charge in [0, 0.05) is 19.1 Å². The highest BCUT2D eigenvalue weighted by atomic mass is 16.3. The lowest BCUT2D eigenvalue weighted by molar-refractivity contribution is -0.126. The number of hydrogen-bond donors (Lipinski definition) is 4. The molecule has 0 unspecified atom stereocenters. The molecule has 3 rings (SSSR count). The second-order valence-corrected chi connectivity index (χ2v) is 7.39. The molecule has 0 radical (unpaired) electrons. The first-order valence-electron chi connectivity index (χ1n) is 10.2. The van der Waals surface area contributed by atoms with Gasteiger partial charge in [-0.2, -0.15) is 0 Å². The Morgan fingerprint density at radius 2 is 1.23 bits per heavy atom. The van der Waals surface area contributed by atoms with Gasteiger partial charge in [0.1, 0.15) is 6.04 Å². The first-order valence-corrected chi connectivity index (χ1v) is 10.2. The van der Waals surface area contributed by atoms with E-state index in [4.69, 9.17) is 5.73 Å². The molecule has 1 amide bonds. The number of nitrogens with two attached hydrogens (primary N) is 1. The number of rotatable bonds is 10. The van der Waals surface area contributed by atoms with Gasteiger partial charge >= 0.3 is 0 Å². The average Bonchev–Trinajstić information content (AvgIpc) is 2.79. The maximum absolute atomic E-state index is 12.9. The van der Waals surface area contributed by atoms with Crippen LogP contribution in [0.1, 0.15) is 16.7 Å². The molecule has 5 N–H and O–H groups in total. The van der Waals surface area contributed by atoms with Crippen molar-refractivity contribution in [2.75, 3.05) is 0 Å². The molecule has 0 fully saturated rings. The van der Waals surface area contributed by atoms with Crippen molar-refractivity contribution in [1.29, 1.82) is 0 Å². The summed E-state index contributed by atoms with van der Waals surface area (Å²) < 4.78 is 0. The standard InChI is InChI=1S/C25H29N3O2/c26-22(16-19-10-4-1-5-11-19)24(29)23(27-17-20-12-6-2-7-13-20)25(30)28-18-21-14-8-3-9-15-21/h1-15,22-24,27,29H,16-18,26H2,(H,28,30)/t22-,23+,24+/m0/s1. The number of amides is 1. The van der Waals surface area contributed by atoms with Crippen LogP contribution >= 0.6 is 0 Å². The Bertz CT molecular complexity index is 888. The van der Waals surface area contributed by atoms with Gasteiger partial charge in [0.2, 0.25) is 5.91 Å². The lowest BCUT2D eigenvalue weighted by Gasteiger charge is -2.28. The average molecular weight is 404 g/mol. The third-order valence-electron chi connectivity index (χ3n) is 5.06. The molecule has 0 aromatic heterocycles. The SMILES string of the molecule is N[C@@H](Cc1ccccc1)[C@@H](O)[C@@H](NCc1ccccc1)C(=O)NCc1ccccc1. The van der Waals surface area contributed by atoms with Crippen LogP contribution in [-0.4, -0.2) is 29.2 Å². The normalized spacial score (nSPS) is 13.9. The zero-order valence-corrected chi connectivity index (χ0v) is 16.9. The molecule has 5 heteroatoms. The molecule has 0 aliphatic rings. The van der Waals surface area contributed by atoms with E-state index in [2.05, 4.69) is 10.6 Å². The molecule has 0 heterocycles. The van der Waals surface area contributed by atoms with E-state index in [1.54, 1.807) is 0 Å². The van der Waals surface area contributed by atoms with E-state index in [0.29, 0.717) is 19.5 Å². The van der Waals surface area contributed by atoms with E-state index in [1.807, 2.05) is 91.0 Å². The van der Waals surface area contributed by atoms with Gasteiger partial charge in [-0.15, -0.1) is 0 Å². The summed E-state index contributed by atoms with van der Waals surface area (Å²) in [4.78, 5) is 12.9. The van der Waals surface area contributed by atoms with Gasteiger partial charge in [-0.05, 0) is 23.1 Å². The van der Waals surface area contributed by atoms with Crippen molar-refractivity contribution in [3.05, 3.63) is 108 Å². The van der Waals surface area contributed by atoms with Crippen molar-refractivity contribution in [3.63, 3.8) is 0 Å². The van der Waals surface area contributed by atoms with Crippen LogP contribution in [0.5, 0.6) is 0 Å². The maximum atomic E-state index is 12.9. The predicted molar refractivity (Wildman–Crippen MR) is 119 cm³/mol. The summed E-state index contributed by atoms with van der Waals surface area (Å²) in [6.45, 7) is 0.850. The third-order valence-corrected chi connectivity index (χ3v) is 5.06. The van der Waals surface area contributed by atoms with Gasteiger partial charge in [0.15, 0.2) is 0 Å². The second kappa shape index (κ2) is 11.3. The fourth-order valence-corrected chi connectivity index (χ4v) is 3.34. The predicted octanol–water partition coefficient (Wildman–Crippen LogP) is 2.39. The summed E-state index contributed by atoms with van der Waals surface area (Å²) in [5.41, 5.74) is 9.34. The third kappa shape index (κ3) is 6.52. The van der Waals surface area contributed by atoms with Crippen LogP contribution in [0.4, 0.5) is 0 Å². The van der Waals surface area contributed by atoms with Crippen molar-refractivity contribution in [3.8, 4) is 0 Å². The van der Waals surface area contributed by atoms with E-state index >= 15 is 0 Å². The van der Waals surface area contributed by atoms with Crippen molar-refractivity contribution in [1.82, 2.24) is 10.6 Å². The number of carbonyl (C=O) groups is 1. The number of benzene rings is 3. The Hall–Kier alpha value is -2.99. The summed E-state index contributed by atoms with van der Waals surface area (Å²) in [5.74, 6) is -0.272. The fourth-order valence-electron chi connectivity index (χ4n) is 3.34. The van der Waals surface area contributed by atoms with E-state index in [-0.39, 0.29) is 5.91 Å². The molecule has 3 aromatic rings. The lowest BCUT2D eigenvalue weighted by atomic mass is 9.96. The molecule has 0 aliphatic carbocycles. The van der Waals surface area contributed by atoms with Gasteiger partial charge in [0.25, 0.3) is 0 Å². The minimum Gasteiger partial charge on any atom is -0.389 e. The molecule has 5 nitrogen and oxygen atoms in total. The van der Waals surface area contributed by atoms with Gasteiger partial charge in [-0.3, -0.25) is 10.1 Å². The van der Waals surface area contributed by atoms with Gasteiger partial charge < -0.3 is 16.2 Å². The van der Waals surface area contributed by atoms with Crippen LogP contribution in [-0.2, 0) is 24.3 Å². The number of aliphatic hydroxyl groups excluding tert-OH is 1. The van der Waals surface area contributed by atoms with Crippen molar-refractivity contribution < 1.29 is 9.90 Å². The van der Waals surface area contributed by atoms with Crippen LogP contribution in [0.3, 0.4) is 0 Å². The molecular weight excluding hydrogens is 374 g/mol. The molecular formula is C25H29N3O2. The van der Waals surface area contributed by atoms with Gasteiger partial charge in [-0.25, -0.2) is 0 Å². The smallest absolute Gasteiger partial charge is 0.240 e. The fraction of sp³-hybridized carbons (Fsp3) is 0.240. The van der Waals surface area contributed by atoms with E-state index < -0.39 is 18.2 Å². The second-order valence-electron chi connectivity index (χ2n) is 7.39. The molecule has 0 saturated carbocycles. The molecule has 156 valence electrons. The van der Waals surface area contributed by atoms with Crippen molar-refractivity contribution in [2.45, 2.75) is 37.7 Å². The Balaban J connectivity index is 1.67. The van der Waals surface area contributed by atoms with E-state index in [0.717, 1.165) is 16.7 Å². The summed E-state index contributed by atoms with van der Waals surface area (Å²) in [6, 6.07) is 27.8. The molecule has 0 aliphatic heterocycles. The van der Waals surface area contributed by atoms with E-state index in [1.165, 1.54) is 0 Å². The van der Waals surface area contributed by atoms with Crippen LogP contribution < -0.4 is 16.4 Å². The lowest BCUT2D eigenvalue weighted by Crippen LogP contribution is -2.57. The minimum atomic E-state index is -1.04. The molecule has 0 saturated heterocycles. The highest BCUT2D eigenvalue weighted by Gasteiger charge is 2.31. The maximum Gasteiger partial charge on any atom is 0.240 e. The number of aliphatic hydroxyl groups is 1. The molecule has 3 atom stereocenters. The number of hydrogen-bond acceptors (Lipinski definition) is 4. The quantitative estimate of drug-likeness (QED) is 0.419. The first kappa shape index (κ1) is 21.7. The largest absolute Gasteiger partial charge is 0.389 e. The molecule has 30 heavy (non-hydrogen) atoms. The topological polar surface area (TPSA) is 87.4 Å². The number of carbonyl (C=O) groups excluding carboxylic acids is 1. The monoisotopic (exact) mass is 403 g/mol. The Labute approximate surface area is 177 Å². The highest BCUT2D eigenvalue weighted by Crippen LogP contribution is 2.09. The number of nitrogens with one attached hydrogen (secondary N) is 2. The van der Waals surface area contributed by atoms with Gasteiger partial charge in [0.05, 0.1) is 6.10 Å². The highest BCUT2D eigenvalue weighted by molar-refractivity contribution is 5.82. The molecule has 3 aromatic carbocycles. The zero-order chi connectivity index (χ0) is 21.2. The van der Waals surface area contributed by atoms with E-state index in [9.17, 15) is 9.90 Å². The Morgan fingerprint density at radius 1 is 0.767 bits per heavy atom. The molecule has 0 spiro atoms. The van der Waals surface area contributed by atoms with Crippen LogP contribution in [0.25, 0.3) is 0 Å². The minimum absolute atomic E-state index is 0.272. The van der Waals surface area contributed by atoms with Crippen LogP contribution in [0.2, 0.25) is 0 Å². The Morgan fingerprint density at radius 3 is 1.77 bits per heavy atom. The first-order chi connectivity index (χ1) is 14.6. The van der Waals surface area contributed by atoms with Gasteiger partial charge in [-0.1, -0.05) is 91.0 Å². The van der Waals surface area contributed by atoms with Crippen LogP contribution in [0, 0.1) is 0 Å². The van der Waals surface area contributed by atoms with Crippen molar-refractivity contribution in [2.24, 2.45) is 5.73 Å². The zero-order valence-electron chi connectivity index (χ0n) is 16.9. The van der Waals surface area contributed by atoms with Crippen LogP contribution in [0.15, 0.2) is 91.0 Å².